The lowest BCUT2D eigenvalue weighted by atomic mass is 9.95. The van der Waals surface area contributed by atoms with Gasteiger partial charge < -0.3 is 24.4 Å². The molecule has 0 aliphatic rings. The van der Waals surface area contributed by atoms with Gasteiger partial charge in [-0.3, -0.25) is 0 Å². The summed E-state index contributed by atoms with van der Waals surface area (Å²) in [7, 11) is 0. The highest BCUT2D eigenvalue weighted by Crippen LogP contribution is 2.40. The molecule has 0 radical (unpaired) electrons. The van der Waals surface area contributed by atoms with Crippen molar-refractivity contribution in [2.75, 3.05) is 19.8 Å². The van der Waals surface area contributed by atoms with E-state index in [2.05, 4.69) is 20.1 Å². The second kappa shape index (κ2) is 16.0. The smallest absolute Gasteiger partial charge is 0.338 e. The van der Waals surface area contributed by atoms with Crippen LogP contribution in [0.15, 0.2) is 78.9 Å². The Hall–Kier alpha value is -3.78. The number of carbonyl (C=O) groups excluding carboxylic acids is 1. The molecule has 1 atom stereocenters. The summed E-state index contributed by atoms with van der Waals surface area (Å²) >= 11 is 0. The number of ether oxygens (including phenoxy) is 3. The zero-order valence-electron chi connectivity index (χ0n) is 24.7. The van der Waals surface area contributed by atoms with Crippen LogP contribution in [0.5, 0.6) is 11.5 Å². The molecule has 0 fully saturated rings. The van der Waals surface area contributed by atoms with E-state index < -0.39 is 18.1 Å². The van der Waals surface area contributed by atoms with Crippen molar-refractivity contribution in [1.82, 2.24) is 0 Å². The molecule has 3 aromatic rings. The van der Waals surface area contributed by atoms with E-state index in [1.165, 1.54) is 12.5 Å². The van der Waals surface area contributed by atoms with E-state index in [0.717, 1.165) is 25.7 Å². The number of carbonyl (C=O) groups is 1. The van der Waals surface area contributed by atoms with Crippen LogP contribution in [0, 0.1) is 5.82 Å². The summed E-state index contributed by atoms with van der Waals surface area (Å²) in [5.41, 5.74) is 4.46. The van der Waals surface area contributed by atoms with Crippen LogP contribution in [0.1, 0.15) is 51.2 Å². The summed E-state index contributed by atoms with van der Waals surface area (Å²) in [4.78, 5) is 12.6. The summed E-state index contributed by atoms with van der Waals surface area (Å²) in [6.07, 6.45) is 3.63. The number of halogens is 1. The van der Waals surface area contributed by atoms with Crippen molar-refractivity contribution in [3.63, 3.8) is 0 Å². The fourth-order valence-electron chi connectivity index (χ4n) is 4.38. The van der Waals surface area contributed by atoms with Gasteiger partial charge in [-0.15, -0.1) is 0 Å². The van der Waals surface area contributed by atoms with Gasteiger partial charge in [0.05, 0.1) is 13.2 Å². The lowest BCUT2D eigenvalue weighted by Crippen LogP contribution is -2.15. The monoisotopic (exact) mass is 576 g/mol. The maximum absolute atomic E-state index is 16.2. The van der Waals surface area contributed by atoms with Crippen molar-refractivity contribution >= 4 is 5.97 Å². The predicted molar refractivity (Wildman–Crippen MR) is 164 cm³/mol. The molecule has 0 amide bonds. The number of hydrogen-bond donors (Lipinski definition) is 2. The molecule has 3 aromatic carbocycles. The average molecular weight is 577 g/mol. The molecule has 0 saturated heterocycles. The highest BCUT2D eigenvalue weighted by Gasteiger charge is 2.21. The molecule has 0 aliphatic heterocycles. The van der Waals surface area contributed by atoms with Crippen LogP contribution in [-0.2, 0) is 22.4 Å². The van der Waals surface area contributed by atoms with Gasteiger partial charge in [-0.1, -0.05) is 69.3 Å². The third kappa shape index (κ3) is 8.86. The summed E-state index contributed by atoms with van der Waals surface area (Å²) in [6, 6.07) is 16.4. The standard InChI is InChI=1S/C35H41FO6/c1-6-7-8-9-25-10-12-26(13-11-25)29-15-16-30(33(32(29)36)42-35(39)24(4)5)27-14-17-31(40-21-19-37)28(22-27)18-20-41-34(38)23(2)3/h10-17,22,34,37-38H,2,4,6-9,18-21H2,1,3,5H3. The highest BCUT2D eigenvalue weighted by atomic mass is 19.1. The van der Waals surface area contributed by atoms with Gasteiger partial charge in [0.2, 0.25) is 0 Å². The Morgan fingerprint density at radius 3 is 2.26 bits per heavy atom. The number of aliphatic hydroxyl groups is 2. The molecule has 1 unspecified atom stereocenters. The zero-order valence-corrected chi connectivity index (χ0v) is 24.7. The van der Waals surface area contributed by atoms with Crippen LogP contribution >= 0.6 is 0 Å². The minimum Gasteiger partial charge on any atom is -0.491 e. The summed E-state index contributed by atoms with van der Waals surface area (Å²) < 4.78 is 32.9. The van der Waals surface area contributed by atoms with E-state index in [9.17, 15) is 15.0 Å². The normalized spacial score (nSPS) is 11.7. The van der Waals surface area contributed by atoms with Crippen LogP contribution in [0.3, 0.4) is 0 Å². The molecule has 0 spiro atoms. The molecule has 0 saturated carbocycles. The zero-order chi connectivity index (χ0) is 30.6. The van der Waals surface area contributed by atoms with Gasteiger partial charge in [0.1, 0.15) is 12.4 Å². The molecule has 7 heteroatoms. The number of benzene rings is 3. The number of rotatable bonds is 16. The number of hydrogen-bond acceptors (Lipinski definition) is 6. The van der Waals surface area contributed by atoms with Gasteiger partial charge >= 0.3 is 5.97 Å². The van der Waals surface area contributed by atoms with Crippen molar-refractivity contribution in [2.24, 2.45) is 0 Å². The van der Waals surface area contributed by atoms with Crippen LogP contribution in [0.4, 0.5) is 4.39 Å². The molecule has 2 N–H and O–H groups in total. The van der Waals surface area contributed by atoms with Gasteiger partial charge in [-0.2, -0.15) is 0 Å². The van der Waals surface area contributed by atoms with Crippen molar-refractivity contribution in [3.05, 3.63) is 95.8 Å². The van der Waals surface area contributed by atoms with E-state index in [4.69, 9.17) is 14.2 Å². The molecule has 224 valence electrons. The van der Waals surface area contributed by atoms with E-state index in [1.807, 2.05) is 24.3 Å². The van der Waals surface area contributed by atoms with E-state index >= 15 is 4.39 Å². The molecule has 6 nitrogen and oxygen atoms in total. The van der Waals surface area contributed by atoms with Crippen LogP contribution in [0.2, 0.25) is 0 Å². The summed E-state index contributed by atoms with van der Waals surface area (Å²) in [6.45, 7) is 12.7. The predicted octanol–water partition coefficient (Wildman–Crippen LogP) is 7.20. The largest absolute Gasteiger partial charge is 0.491 e. The van der Waals surface area contributed by atoms with E-state index in [0.29, 0.717) is 45.6 Å². The fraction of sp³-hybridized carbons (Fsp3) is 0.343. The van der Waals surface area contributed by atoms with Gasteiger partial charge in [-0.25, -0.2) is 9.18 Å². The number of unbranched alkanes of at least 4 members (excludes halogenated alkanes) is 2. The first-order chi connectivity index (χ1) is 20.2. The molecule has 0 heterocycles. The van der Waals surface area contributed by atoms with Crippen molar-refractivity contribution in [3.8, 4) is 33.8 Å². The van der Waals surface area contributed by atoms with Crippen LogP contribution in [-0.4, -0.2) is 42.3 Å². The Bertz CT molecular complexity index is 1380. The third-order valence-electron chi connectivity index (χ3n) is 6.76. The van der Waals surface area contributed by atoms with Crippen LogP contribution in [0.25, 0.3) is 22.3 Å². The molecular formula is C35H41FO6. The first-order valence-corrected chi connectivity index (χ1v) is 14.3. The first-order valence-electron chi connectivity index (χ1n) is 14.3. The third-order valence-corrected chi connectivity index (χ3v) is 6.76. The van der Waals surface area contributed by atoms with Crippen LogP contribution < -0.4 is 9.47 Å². The fourth-order valence-corrected chi connectivity index (χ4v) is 4.38. The minimum atomic E-state index is -1.10. The Kier molecular flexibility index (Phi) is 12.5. The Morgan fingerprint density at radius 1 is 0.929 bits per heavy atom. The van der Waals surface area contributed by atoms with Crippen molar-refractivity contribution < 1.29 is 33.6 Å². The summed E-state index contributed by atoms with van der Waals surface area (Å²) in [5, 5.41) is 19.2. The van der Waals surface area contributed by atoms with E-state index in [1.54, 1.807) is 37.3 Å². The minimum absolute atomic E-state index is 0.0871. The second-order valence-corrected chi connectivity index (χ2v) is 10.3. The SMILES string of the molecule is C=C(C)C(=O)Oc1c(-c2ccc(OCCO)c(CCOC(O)C(=C)C)c2)ccc(-c2ccc(CCCCC)cc2)c1F. The van der Waals surface area contributed by atoms with Crippen molar-refractivity contribution in [2.45, 2.75) is 59.2 Å². The van der Waals surface area contributed by atoms with E-state index in [-0.39, 0.29) is 31.1 Å². The lowest BCUT2D eigenvalue weighted by Gasteiger charge is -2.17. The topological polar surface area (TPSA) is 85.2 Å². The number of esters is 1. The van der Waals surface area contributed by atoms with Crippen molar-refractivity contribution in [1.29, 1.82) is 0 Å². The van der Waals surface area contributed by atoms with Gasteiger partial charge in [0, 0.05) is 16.7 Å². The Morgan fingerprint density at radius 2 is 1.62 bits per heavy atom. The maximum Gasteiger partial charge on any atom is 0.338 e. The highest BCUT2D eigenvalue weighted by molar-refractivity contribution is 5.91. The summed E-state index contributed by atoms with van der Waals surface area (Å²) in [5.74, 6) is -1.07. The quantitative estimate of drug-likeness (QED) is 0.0469. The van der Waals surface area contributed by atoms with Gasteiger partial charge in [-0.05, 0) is 79.1 Å². The molecule has 3 rings (SSSR count). The molecular weight excluding hydrogens is 535 g/mol. The van der Waals surface area contributed by atoms with Gasteiger partial charge in [0.15, 0.2) is 17.9 Å². The number of aryl methyl sites for hydroxylation is 1. The second-order valence-electron chi connectivity index (χ2n) is 10.3. The number of aliphatic hydroxyl groups excluding tert-OH is 2. The Labute approximate surface area is 248 Å². The molecule has 0 aliphatic carbocycles. The average Bonchev–Trinajstić information content (AvgIpc) is 2.97. The lowest BCUT2D eigenvalue weighted by molar-refractivity contribution is -0.130. The first kappa shape index (κ1) is 32.7. The molecule has 0 aromatic heterocycles. The maximum atomic E-state index is 16.2. The van der Waals surface area contributed by atoms with Gasteiger partial charge in [0.25, 0.3) is 0 Å². The molecule has 42 heavy (non-hydrogen) atoms. The Balaban J connectivity index is 2.02. The molecule has 0 bridgehead atoms.